The van der Waals surface area contributed by atoms with Crippen molar-refractivity contribution in [3.8, 4) is 6.07 Å². The van der Waals surface area contributed by atoms with Crippen LogP contribution in [-0.4, -0.2) is 39.5 Å². The molecule has 0 bridgehead atoms. The van der Waals surface area contributed by atoms with Gasteiger partial charge in [-0.15, -0.1) is 5.10 Å². The van der Waals surface area contributed by atoms with Gasteiger partial charge in [-0.2, -0.15) is 5.26 Å². The van der Waals surface area contributed by atoms with Gasteiger partial charge in [0.1, 0.15) is 6.07 Å². The molecule has 0 radical (unpaired) electrons. The summed E-state index contributed by atoms with van der Waals surface area (Å²) in [5.74, 6) is 0.835. The Morgan fingerprint density at radius 1 is 1.05 bits per heavy atom. The Hall–Kier alpha value is -1.41. The minimum atomic E-state index is 0.539. The smallest absolute Gasteiger partial charge is 0.185 e. The van der Waals surface area contributed by atoms with Crippen LogP contribution in [0.1, 0.15) is 62.8 Å². The van der Waals surface area contributed by atoms with Crippen molar-refractivity contribution < 1.29 is 0 Å². The summed E-state index contributed by atoms with van der Waals surface area (Å²) in [6.45, 7) is 4.31. The van der Waals surface area contributed by atoms with Gasteiger partial charge in [-0.3, -0.25) is 0 Å². The van der Waals surface area contributed by atoms with Gasteiger partial charge in [0.25, 0.3) is 0 Å². The predicted octanol–water partition coefficient (Wildman–Crippen LogP) is 2.76. The zero-order chi connectivity index (χ0) is 15.2. The Morgan fingerprint density at radius 3 is 2.55 bits per heavy atom. The minimum Gasteiger partial charge on any atom is -0.301 e. The van der Waals surface area contributed by atoms with Crippen molar-refractivity contribution in [3.63, 3.8) is 0 Å². The number of nitriles is 1. The normalized spacial score (nSPS) is 20.3. The van der Waals surface area contributed by atoms with Crippen LogP contribution in [0.2, 0.25) is 0 Å². The summed E-state index contributed by atoms with van der Waals surface area (Å²) in [6.07, 6.45) is 11.6. The Bertz CT molecular complexity index is 504. The highest BCUT2D eigenvalue weighted by molar-refractivity contribution is 5.24. The Morgan fingerprint density at radius 2 is 1.82 bits per heavy atom. The van der Waals surface area contributed by atoms with Crippen molar-refractivity contribution in [2.75, 3.05) is 19.6 Å². The molecule has 0 unspecified atom stereocenters. The van der Waals surface area contributed by atoms with Crippen LogP contribution in [0.5, 0.6) is 0 Å². The van der Waals surface area contributed by atoms with E-state index in [1.807, 2.05) is 4.68 Å². The molecule has 0 atom stereocenters. The molecule has 1 aliphatic heterocycles. The number of likely N-dealkylation sites (tertiary alicyclic amines) is 1. The van der Waals surface area contributed by atoms with Crippen LogP contribution >= 0.6 is 0 Å². The Kier molecular flexibility index (Phi) is 5.44. The third-order valence-electron chi connectivity index (χ3n) is 5.28. The molecule has 2 heterocycles. The second-order valence-electron chi connectivity index (χ2n) is 6.81. The van der Waals surface area contributed by atoms with Gasteiger partial charge < -0.3 is 4.90 Å². The third kappa shape index (κ3) is 3.86. The molecule has 0 N–H and O–H groups in total. The molecule has 0 amide bonds. The lowest BCUT2D eigenvalue weighted by atomic mass is 9.85. The standard InChI is InChI=1S/C17H27N5/c18-14-16-17(9-8-15-6-2-1-3-7-15)22(20-19-16)13-12-21-10-4-5-11-21/h15H,1-13H2. The SMILES string of the molecule is N#Cc1nnn(CCN2CCCC2)c1CCC1CCCCC1. The summed E-state index contributed by atoms with van der Waals surface area (Å²) in [4.78, 5) is 2.48. The number of aromatic nitrogens is 3. The monoisotopic (exact) mass is 301 g/mol. The van der Waals surface area contributed by atoms with E-state index in [0.717, 1.165) is 31.1 Å². The van der Waals surface area contributed by atoms with Crippen LogP contribution in [0, 0.1) is 17.2 Å². The van der Waals surface area contributed by atoms with Crippen molar-refractivity contribution >= 4 is 0 Å². The maximum atomic E-state index is 9.27. The molecule has 0 aromatic carbocycles. The van der Waals surface area contributed by atoms with E-state index in [4.69, 9.17) is 0 Å². The van der Waals surface area contributed by atoms with Crippen molar-refractivity contribution in [1.29, 1.82) is 5.26 Å². The molecule has 1 saturated carbocycles. The Balaban J connectivity index is 1.57. The van der Waals surface area contributed by atoms with Crippen molar-refractivity contribution in [3.05, 3.63) is 11.4 Å². The summed E-state index contributed by atoms with van der Waals surface area (Å²) in [6, 6.07) is 2.22. The quantitative estimate of drug-likeness (QED) is 0.810. The van der Waals surface area contributed by atoms with E-state index in [-0.39, 0.29) is 0 Å². The van der Waals surface area contributed by atoms with Crippen LogP contribution in [0.4, 0.5) is 0 Å². The number of rotatable bonds is 6. The molecular weight excluding hydrogens is 274 g/mol. The molecule has 0 spiro atoms. The fourth-order valence-electron chi connectivity index (χ4n) is 3.91. The molecule has 1 saturated heterocycles. The van der Waals surface area contributed by atoms with Crippen molar-refractivity contribution in [2.24, 2.45) is 5.92 Å². The molecule has 120 valence electrons. The van der Waals surface area contributed by atoms with Gasteiger partial charge >= 0.3 is 0 Å². The predicted molar refractivity (Wildman–Crippen MR) is 85.3 cm³/mol. The van der Waals surface area contributed by atoms with E-state index in [0.29, 0.717) is 5.69 Å². The maximum absolute atomic E-state index is 9.27. The molecule has 5 heteroatoms. The van der Waals surface area contributed by atoms with Gasteiger partial charge in [-0.25, -0.2) is 4.68 Å². The lowest BCUT2D eigenvalue weighted by Gasteiger charge is -2.21. The molecule has 2 fully saturated rings. The molecule has 1 aromatic heterocycles. The number of nitrogens with zero attached hydrogens (tertiary/aromatic N) is 5. The Labute approximate surface area is 133 Å². The zero-order valence-corrected chi connectivity index (χ0v) is 13.5. The van der Waals surface area contributed by atoms with E-state index >= 15 is 0 Å². The summed E-state index contributed by atoms with van der Waals surface area (Å²) < 4.78 is 1.99. The highest BCUT2D eigenvalue weighted by Gasteiger charge is 2.18. The average molecular weight is 301 g/mol. The second kappa shape index (κ2) is 7.73. The van der Waals surface area contributed by atoms with Gasteiger partial charge in [0.2, 0.25) is 0 Å². The lowest BCUT2D eigenvalue weighted by molar-refractivity contribution is 0.308. The average Bonchev–Trinajstić information content (AvgIpc) is 3.21. The summed E-state index contributed by atoms with van der Waals surface area (Å²) >= 11 is 0. The van der Waals surface area contributed by atoms with E-state index in [2.05, 4.69) is 21.3 Å². The largest absolute Gasteiger partial charge is 0.301 e. The van der Waals surface area contributed by atoms with E-state index in [9.17, 15) is 5.26 Å². The maximum Gasteiger partial charge on any atom is 0.185 e. The first-order valence-corrected chi connectivity index (χ1v) is 8.91. The van der Waals surface area contributed by atoms with E-state index < -0.39 is 0 Å². The lowest BCUT2D eigenvalue weighted by Crippen LogP contribution is -2.25. The first kappa shape index (κ1) is 15.5. The molecule has 1 aromatic rings. The minimum absolute atomic E-state index is 0.539. The highest BCUT2D eigenvalue weighted by Crippen LogP contribution is 2.27. The van der Waals surface area contributed by atoms with Crippen LogP contribution < -0.4 is 0 Å². The van der Waals surface area contributed by atoms with Crippen LogP contribution in [0.3, 0.4) is 0 Å². The zero-order valence-electron chi connectivity index (χ0n) is 13.5. The van der Waals surface area contributed by atoms with Gasteiger partial charge in [-0.05, 0) is 44.7 Å². The molecule has 1 aliphatic carbocycles. The number of hydrogen-bond acceptors (Lipinski definition) is 4. The fourth-order valence-corrected chi connectivity index (χ4v) is 3.91. The summed E-state index contributed by atoms with van der Waals surface area (Å²) in [5.41, 5.74) is 1.60. The fraction of sp³-hybridized carbons (Fsp3) is 0.824. The van der Waals surface area contributed by atoms with E-state index in [1.165, 1.54) is 64.5 Å². The van der Waals surface area contributed by atoms with Crippen molar-refractivity contribution in [1.82, 2.24) is 19.9 Å². The highest BCUT2D eigenvalue weighted by atomic mass is 15.4. The molecule has 3 rings (SSSR count). The van der Waals surface area contributed by atoms with Gasteiger partial charge in [0, 0.05) is 6.54 Å². The third-order valence-corrected chi connectivity index (χ3v) is 5.28. The first-order chi connectivity index (χ1) is 10.9. The molecule has 5 nitrogen and oxygen atoms in total. The molecule has 2 aliphatic rings. The molecular formula is C17H27N5. The topological polar surface area (TPSA) is 57.7 Å². The summed E-state index contributed by atoms with van der Waals surface area (Å²) in [5, 5.41) is 17.6. The van der Waals surface area contributed by atoms with Gasteiger partial charge in [0.05, 0.1) is 12.2 Å². The van der Waals surface area contributed by atoms with Crippen molar-refractivity contribution in [2.45, 2.75) is 64.3 Å². The van der Waals surface area contributed by atoms with Gasteiger partial charge in [-0.1, -0.05) is 37.3 Å². The van der Waals surface area contributed by atoms with Crippen LogP contribution in [0.15, 0.2) is 0 Å². The van der Waals surface area contributed by atoms with Gasteiger partial charge in [0.15, 0.2) is 5.69 Å². The molecule has 22 heavy (non-hydrogen) atoms. The van der Waals surface area contributed by atoms with Crippen LogP contribution in [-0.2, 0) is 13.0 Å². The summed E-state index contributed by atoms with van der Waals surface area (Å²) in [7, 11) is 0. The first-order valence-electron chi connectivity index (χ1n) is 8.91. The second-order valence-corrected chi connectivity index (χ2v) is 6.81. The van der Waals surface area contributed by atoms with Crippen LogP contribution in [0.25, 0.3) is 0 Å². The van der Waals surface area contributed by atoms with E-state index in [1.54, 1.807) is 0 Å². The number of hydrogen-bond donors (Lipinski definition) is 0.